The number of fused-ring (bicyclic) bond motifs is 1. The van der Waals surface area contributed by atoms with E-state index in [2.05, 4.69) is 28.8 Å². The SMILES string of the molecule is Cc1ccccc1NC(=O)N[C@@H]1CCCc2ccccc21. The molecular weight excluding hydrogens is 260 g/mol. The summed E-state index contributed by atoms with van der Waals surface area (Å²) >= 11 is 0. The van der Waals surface area contributed by atoms with Crippen molar-refractivity contribution in [3.05, 3.63) is 65.2 Å². The molecule has 21 heavy (non-hydrogen) atoms. The second-order valence-electron chi connectivity index (χ2n) is 5.56. The van der Waals surface area contributed by atoms with Gasteiger partial charge in [-0.3, -0.25) is 0 Å². The minimum Gasteiger partial charge on any atom is -0.331 e. The number of carbonyl (C=O) groups excluding carboxylic acids is 1. The number of benzene rings is 2. The predicted octanol–water partition coefficient (Wildman–Crippen LogP) is 4.19. The number of anilines is 1. The Labute approximate surface area is 125 Å². The highest BCUT2D eigenvalue weighted by Crippen LogP contribution is 2.29. The maximum absolute atomic E-state index is 12.2. The number of aryl methyl sites for hydroxylation is 2. The van der Waals surface area contributed by atoms with Gasteiger partial charge in [0.1, 0.15) is 0 Å². The molecule has 3 rings (SSSR count). The van der Waals surface area contributed by atoms with E-state index in [9.17, 15) is 4.79 Å². The second kappa shape index (κ2) is 6.00. The third kappa shape index (κ3) is 3.07. The van der Waals surface area contributed by atoms with Gasteiger partial charge in [0.2, 0.25) is 0 Å². The fourth-order valence-electron chi connectivity index (χ4n) is 2.93. The van der Waals surface area contributed by atoms with Crippen LogP contribution in [0.4, 0.5) is 10.5 Å². The largest absolute Gasteiger partial charge is 0.331 e. The summed E-state index contributed by atoms with van der Waals surface area (Å²) in [5, 5.41) is 6.04. The molecule has 0 bridgehead atoms. The molecule has 0 unspecified atom stereocenters. The molecule has 0 aliphatic heterocycles. The normalized spacial score (nSPS) is 16.9. The van der Waals surface area contributed by atoms with Crippen molar-refractivity contribution < 1.29 is 4.79 Å². The van der Waals surface area contributed by atoms with Crippen molar-refractivity contribution in [1.82, 2.24) is 5.32 Å². The highest BCUT2D eigenvalue weighted by Gasteiger charge is 2.21. The number of para-hydroxylation sites is 1. The predicted molar refractivity (Wildman–Crippen MR) is 85.5 cm³/mol. The van der Waals surface area contributed by atoms with E-state index >= 15 is 0 Å². The number of hydrogen-bond donors (Lipinski definition) is 2. The molecule has 0 heterocycles. The van der Waals surface area contributed by atoms with Gasteiger partial charge in [-0.05, 0) is 48.9 Å². The van der Waals surface area contributed by atoms with E-state index in [0.29, 0.717) is 0 Å². The highest BCUT2D eigenvalue weighted by molar-refractivity contribution is 5.90. The van der Waals surface area contributed by atoms with Crippen LogP contribution in [0.5, 0.6) is 0 Å². The monoisotopic (exact) mass is 280 g/mol. The van der Waals surface area contributed by atoms with Crippen LogP contribution in [0.25, 0.3) is 0 Å². The fraction of sp³-hybridized carbons (Fsp3) is 0.278. The molecule has 0 fully saturated rings. The summed E-state index contributed by atoms with van der Waals surface area (Å²) in [4.78, 5) is 12.2. The zero-order valence-corrected chi connectivity index (χ0v) is 12.2. The van der Waals surface area contributed by atoms with Gasteiger partial charge in [-0.2, -0.15) is 0 Å². The fourth-order valence-corrected chi connectivity index (χ4v) is 2.93. The Hall–Kier alpha value is -2.29. The molecule has 3 nitrogen and oxygen atoms in total. The standard InChI is InChI=1S/C18H20N2O/c1-13-7-2-5-11-16(13)19-18(21)20-17-12-6-9-14-8-3-4-10-15(14)17/h2-5,7-8,10-11,17H,6,9,12H2,1H3,(H2,19,20,21)/t17-/m1/s1. The number of amides is 2. The molecule has 2 N–H and O–H groups in total. The molecule has 0 spiro atoms. The molecule has 1 aliphatic rings. The lowest BCUT2D eigenvalue weighted by atomic mass is 9.88. The van der Waals surface area contributed by atoms with Crippen molar-refractivity contribution in [2.75, 3.05) is 5.32 Å². The summed E-state index contributed by atoms with van der Waals surface area (Å²) in [6.45, 7) is 1.99. The molecule has 0 saturated heterocycles. The molecule has 2 aromatic rings. The van der Waals surface area contributed by atoms with Crippen LogP contribution in [0.1, 0.15) is 35.6 Å². The molecular formula is C18H20N2O. The lowest BCUT2D eigenvalue weighted by Crippen LogP contribution is -2.34. The van der Waals surface area contributed by atoms with Gasteiger partial charge in [0.25, 0.3) is 0 Å². The van der Waals surface area contributed by atoms with Gasteiger partial charge >= 0.3 is 6.03 Å². The Kier molecular flexibility index (Phi) is 3.91. The Morgan fingerprint density at radius 3 is 2.71 bits per heavy atom. The van der Waals surface area contributed by atoms with E-state index in [1.165, 1.54) is 11.1 Å². The number of urea groups is 1. The van der Waals surface area contributed by atoms with Crippen molar-refractivity contribution in [3.63, 3.8) is 0 Å². The van der Waals surface area contributed by atoms with Crippen LogP contribution in [-0.4, -0.2) is 6.03 Å². The first-order chi connectivity index (χ1) is 10.2. The van der Waals surface area contributed by atoms with Crippen molar-refractivity contribution in [2.24, 2.45) is 0 Å². The van der Waals surface area contributed by atoms with Gasteiger partial charge in [0.15, 0.2) is 0 Å². The molecule has 1 aliphatic carbocycles. The quantitative estimate of drug-likeness (QED) is 0.850. The van der Waals surface area contributed by atoms with Crippen molar-refractivity contribution in [1.29, 1.82) is 0 Å². The molecule has 0 radical (unpaired) electrons. The first-order valence-electron chi connectivity index (χ1n) is 7.45. The van der Waals surface area contributed by atoms with Crippen molar-refractivity contribution in [3.8, 4) is 0 Å². The minimum atomic E-state index is -0.133. The Morgan fingerprint density at radius 2 is 1.86 bits per heavy atom. The van der Waals surface area contributed by atoms with E-state index in [1.54, 1.807) is 0 Å². The minimum absolute atomic E-state index is 0.110. The maximum Gasteiger partial charge on any atom is 0.319 e. The van der Waals surface area contributed by atoms with Crippen molar-refractivity contribution in [2.45, 2.75) is 32.2 Å². The van der Waals surface area contributed by atoms with Crippen LogP contribution in [0, 0.1) is 6.92 Å². The lowest BCUT2D eigenvalue weighted by Gasteiger charge is -2.26. The molecule has 0 aromatic heterocycles. The molecule has 108 valence electrons. The number of hydrogen-bond acceptors (Lipinski definition) is 1. The van der Waals surface area contributed by atoms with Crippen LogP contribution in [-0.2, 0) is 6.42 Å². The first kappa shape index (κ1) is 13.7. The number of carbonyl (C=O) groups is 1. The van der Waals surface area contributed by atoms with Gasteiger partial charge in [0.05, 0.1) is 6.04 Å². The average molecular weight is 280 g/mol. The summed E-state index contributed by atoms with van der Waals surface area (Å²) in [6, 6.07) is 16.2. The van der Waals surface area contributed by atoms with Crippen LogP contribution in [0.15, 0.2) is 48.5 Å². The van der Waals surface area contributed by atoms with E-state index in [1.807, 2.05) is 37.3 Å². The Morgan fingerprint density at radius 1 is 1.10 bits per heavy atom. The summed E-state index contributed by atoms with van der Waals surface area (Å²) in [7, 11) is 0. The topological polar surface area (TPSA) is 41.1 Å². The molecule has 2 amide bonds. The molecule has 2 aromatic carbocycles. The number of rotatable bonds is 2. The van der Waals surface area contributed by atoms with Gasteiger partial charge in [-0.15, -0.1) is 0 Å². The van der Waals surface area contributed by atoms with Crippen LogP contribution >= 0.6 is 0 Å². The third-order valence-electron chi connectivity index (χ3n) is 4.07. The van der Waals surface area contributed by atoms with Crippen LogP contribution in [0.2, 0.25) is 0 Å². The highest BCUT2D eigenvalue weighted by atomic mass is 16.2. The maximum atomic E-state index is 12.2. The van der Waals surface area contributed by atoms with Gasteiger partial charge in [-0.1, -0.05) is 42.5 Å². The summed E-state index contributed by atoms with van der Waals surface area (Å²) in [6.07, 6.45) is 3.22. The van der Waals surface area contributed by atoms with E-state index in [0.717, 1.165) is 30.5 Å². The van der Waals surface area contributed by atoms with Gasteiger partial charge in [-0.25, -0.2) is 4.79 Å². The number of nitrogens with one attached hydrogen (secondary N) is 2. The third-order valence-corrected chi connectivity index (χ3v) is 4.07. The second-order valence-corrected chi connectivity index (χ2v) is 5.56. The smallest absolute Gasteiger partial charge is 0.319 e. The summed E-state index contributed by atoms with van der Waals surface area (Å²) < 4.78 is 0. The first-order valence-corrected chi connectivity index (χ1v) is 7.45. The Balaban J connectivity index is 1.70. The van der Waals surface area contributed by atoms with Crippen LogP contribution in [0.3, 0.4) is 0 Å². The molecule has 1 atom stereocenters. The van der Waals surface area contributed by atoms with Gasteiger partial charge in [0, 0.05) is 5.69 Å². The van der Waals surface area contributed by atoms with E-state index in [-0.39, 0.29) is 12.1 Å². The average Bonchev–Trinajstić information content (AvgIpc) is 2.50. The van der Waals surface area contributed by atoms with Crippen molar-refractivity contribution >= 4 is 11.7 Å². The van der Waals surface area contributed by atoms with E-state index in [4.69, 9.17) is 0 Å². The summed E-state index contributed by atoms with van der Waals surface area (Å²) in [5.41, 5.74) is 4.53. The Bertz CT molecular complexity index is 651. The van der Waals surface area contributed by atoms with Gasteiger partial charge < -0.3 is 10.6 Å². The zero-order chi connectivity index (χ0) is 14.7. The lowest BCUT2D eigenvalue weighted by molar-refractivity contribution is 0.247. The van der Waals surface area contributed by atoms with Crippen LogP contribution < -0.4 is 10.6 Å². The summed E-state index contributed by atoms with van der Waals surface area (Å²) in [5.74, 6) is 0. The zero-order valence-electron chi connectivity index (χ0n) is 12.2. The molecule has 3 heteroatoms. The van der Waals surface area contributed by atoms with E-state index < -0.39 is 0 Å². The molecule has 0 saturated carbocycles.